The normalized spacial score (nSPS) is 22.9. The van der Waals surface area contributed by atoms with Crippen molar-refractivity contribution in [3.05, 3.63) is 0 Å². The maximum Gasteiger partial charge on any atom is -0.0141 e. The van der Waals surface area contributed by atoms with Crippen molar-refractivity contribution in [1.29, 1.82) is 0 Å². The Balaban J connectivity index is 2.24. The maximum atomic E-state index is 2.93. The van der Waals surface area contributed by atoms with Gasteiger partial charge in [0.25, 0.3) is 0 Å². The Morgan fingerprint density at radius 1 is 1.12 bits per heavy atom. The molecule has 1 aliphatic rings. The van der Waals surface area contributed by atoms with E-state index in [0.717, 1.165) is 5.66 Å². The first-order valence-electron chi connectivity index (χ1n) is 3.09. The first kappa shape index (κ1) is 7.40. The average Bonchev–Trinajstić information content (AvgIpc) is 2.12. The fourth-order valence-electron chi connectivity index (χ4n) is 1.20. The molecule has 1 saturated carbocycles. The van der Waals surface area contributed by atoms with Gasteiger partial charge in [-0.15, -0.1) is 17.9 Å². The van der Waals surface area contributed by atoms with Crippen LogP contribution in [-0.2, 0) is 0 Å². The SMILES string of the molecule is PP(P)C1CCCC1. The minimum absolute atomic E-state index is 0.232. The van der Waals surface area contributed by atoms with E-state index in [1.54, 1.807) is 0 Å². The van der Waals surface area contributed by atoms with Crippen LogP contribution in [0.25, 0.3) is 0 Å². The number of hydrogen-bond acceptors (Lipinski definition) is 0. The number of hydrogen-bond donors (Lipinski definition) is 0. The second-order valence-corrected chi connectivity index (χ2v) is 9.38. The summed E-state index contributed by atoms with van der Waals surface area (Å²) in [6.07, 6.45) is 5.93. The third kappa shape index (κ3) is 1.91. The molecule has 0 aromatic carbocycles. The molecule has 1 rings (SSSR count). The Morgan fingerprint density at radius 2 is 1.62 bits per heavy atom. The van der Waals surface area contributed by atoms with Gasteiger partial charge < -0.3 is 0 Å². The second-order valence-electron chi connectivity index (χ2n) is 2.39. The van der Waals surface area contributed by atoms with Crippen molar-refractivity contribution in [2.75, 3.05) is 0 Å². The molecule has 0 bridgehead atoms. The van der Waals surface area contributed by atoms with Crippen LogP contribution in [0, 0.1) is 0 Å². The highest BCUT2D eigenvalue weighted by Crippen LogP contribution is 2.61. The summed E-state index contributed by atoms with van der Waals surface area (Å²) in [5.41, 5.74) is 1.06. The van der Waals surface area contributed by atoms with E-state index in [9.17, 15) is 0 Å². The van der Waals surface area contributed by atoms with Crippen LogP contribution in [0.2, 0.25) is 0 Å². The van der Waals surface area contributed by atoms with Crippen LogP contribution in [0.5, 0.6) is 0 Å². The first-order valence-corrected chi connectivity index (χ1v) is 7.74. The zero-order valence-corrected chi connectivity index (χ0v) is 8.21. The number of rotatable bonds is 1. The van der Waals surface area contributed by atoms with Gasteiger partial charge in [0, 0.05) is 0 Å². The van der Waals surface area contributed by atoms with Gasteiger partial charge in [0.05, 0.1) is 0 Å². The molecule has 0 aliphatic heterocycles. The summed E-state index contributed by atoms with van der Waals surface area (Å²) < 4.78 is 0. The molecule has 0 nitrogen and oxygen atoms in total. The van der Waals surface area contributed by atoms with Crippen molar-refractivity contribution in [3.8, 4) is 0 Å². The van der Waals surface area contributed by atoms with Crippen LogP contribution in [0.3, 0.4) is 0 Å². The minimum atomic E-state index is 0.232. The summed E-state index contributed by atoms with van der Waals surface area (Å²) in [5.74, 6) is 0. The topological polar surface area (TPSA) is 0 Å². The molecule has 1 aliphatic carbocycles. The quantitative estimate of drug-likeness (QED) is 0.525. The molecule has 2 atom stereocenters. The molecule has 3 heteroatoms. The van der Waals surface area contributed by atoms with Crippen LogP contribution < -0.4 is 0 Å². The van der Waals surface area contributed by atoms with E-state index in [4.69, 9.17) is 0 Å². The molecular weight excluding hydrogens is 153 g/mol. The standard InChI is InChI=1S/C5H13P3/c6-8(7)5-3-1-2-4-5/h5H,1-4,6-7H2. The smallest absolute Gasteiger partial charge is 0.0141 e. The van der Waals surface area contributed by atoms with E-state index in [2.05, 4.69) is 17.9 Å². The van der Waals surface area contributed by atoms with Gasteiger partial charge in [0.15, 0.2) is 0 Å². The predicted octanol–water partition coefficient (Wildman–Crippen LogP) is 2.99. The molecule has 0 radical (unpaired) electrons. The molecule has 0 N–H and O–H groups in total. The zero-order valence-electron chi connectivity index (χ0n) is 5.01. The van der Waals surface area contributed by atoms with E-state index >= 15 is 0 Å². The Morgan fingerprint density at radius 3 is 1.88 bits per heavy atom. The first-order chi connectivity index (χ1) is 3.80. The van der Waals surface area contributed by atoms with E-state index in [-0.39, 0.29) is 7.30 Å². The highest BCUT2D eigenvalue weighted by Gasteiger charge is 2.17. The molecule has 0 aromatic heterocycles. The highest BCUT2D eigenvalue weighted by molar-refractivity contribution is 8.43. The lowest BCUT2D eigenvalue weighted by atomic mass is 10.4. The third-order valence-electron chi connectivity index (χ3n) is 1.75. The lowest BCUT2D eigenvalue weighted by molar-refractivity contribution is 0.886. The fourth-order valence-corrected chi connectivity index (χ4v) is 3.95. The second kappa shape index (κ2) is 3.46. The lowest BCUT2D eigenvalue weighted by Gasteiger charge is -2.11. The molecule has 48 valence electrons. The van der Waals surface area contributed by atoms with Gasteiger partial charge in [-0.2, -0.15) is 0 Å². The lowest BCUT2D eigenvalue weighted by Crippen LogP contribution is -1.88. The molecule has 0 aromatic rings. The molecule has 8 heavy (non-hydrogen) atoms. The maximum absolute atomic E-state index is 2.93. The van der Waals surface area contributed by atoms with Crippen LogP contribution >= 0.6 is 25.2 Å². The van der Waals surface area contributed by atoms with E-state index in [1.807, 2.05) is 0 Å². The largest absolute Gasteiger partial charge is 0.107 e. The average molecular weight is 166 g/mol. The summed E-state index contributed by atoms with van der Waals surface area (Å²) in [4.78, 5) is 0. The summed E-state index contributed by atoms with van der Waals surface area (Å²) in [7, 11) is 6.09. The van der Waals surface area contributed by atoms with Gasteiger partial charge in [-0.3, -0.25) is 0 Å². The van der Waals surface area contributed by atoms with E-state index < -0.39 is 0 Å². The van der Waals surface area contributed by atoms with Gasteiger partial charge in [-0.25, -0.2) is 0 Å². The molecule has 0 spiro atoms. The molecule has 1 fully saturated rings. The molecule has 0 amide bonds. The summed E-state index contributed by atoms with van der Waals surface area (Å²) in [6.45, 7) is 0. The Kier molecular flexibility index (Phi) is 3.20. The Hall–Kier alpha value is 1.29. The summed E-state index contributed by atoms with van der Waals surface area (Å²) >= 11 is 0. The monoisotopic (exact) mass is 166 g/mol. The van der Waals surface area contributed by atoms with Crippen LogP contribution in [0.4, 0.5) is 0 Å². The van der Waals surface area contributed by atoms with Gasteiger partial charge >= 0.3 is 0 Å². The molecular formula is C5H13P3. The van der Waals surface area contributed by atoms with Crippen molar-refractivity contribution < 1.29 is 0 Å². The summed E-state index contributed by atoms with van der Waals surface area (Å²) in [5, 5.41) is 0. The fraction of sp³-hybridized carbons (Fsp3) is 1.00. The van der Waals surface area contributed by atoms with Crippen molar-refractivity contribution in [2.24, 2.45) is 0 Å². The molecule has 0 saturated heterocycles. The van der Waals surface area contributed by atoms with Crippen molar-refractivity contribution in [2.45, 2.75) is 31.3 Å². The summed E-state index contributed by atoms with van der Waals surface area (Å²) in [6, 6.07) is 0. The molecule has 2 unspecified atom stereocenters. The van der Waals surface area contributed by atoms with Crippen molar-refractivity contribution in [1.82, 2.24) is 0 Å². The predicted molar refractivity (Wildman–Crippen MR) is 48.6 cm³/mol. The zero-order chi connectivity index (χ0) is 5.98. The van der Waals surface area contributed by atoms with Crippen LogP contribution in [0.15, 0.2) is 0 Å². The van der Waals surface area contributed by atoms with E-state index in [1.165, 1.54) is 25.7 Å². The van der Waals surface area contributed by atoms with E-state index in [0.29, 0.717) is 0 Å². The van der Waals surface area contributed by atoms with Crippen LogP contribution in [0.1, 0.15) is 25.7 Å². The van der Waals surface area contributed by atoms with Crippen LogP contribution in [-0.4, -0.2) is 5.66 Å². The van der Waals surface area contributed by atoms with Gasteiger partial charge in [0.2, 0.25) is 0 Å². The van der Waals surface area contributed by atoms with Gasteiger partial charge in [-0.05, 0) is 18.5 Å². The third-order valence-corrected chi connectivity index (χ3v) is 5.64. The Labute approximate surface area is 57.1 Å². The van der Waals surface area contributed by atoms with Gasteiger partial charge in [-0.1, -0.05) is 20.1 Å². The minimum Gasteiger partial charge on any atom is -0.107 e. The van der Waals surface area contributed by atoms with Gasteiger partial charge in [0.1, 0.15) is 0 Å². The Bertz CT molecular complexity index is 66.1. The highest BCUT2D eigenvalue weighted by atomic mass is 32.4. The van der Waals surface area contributed by atoms with Crippen molar-refractivity contribution in [3.63, 3.8) is 0 Å². The molecule has 0 heterocycles. The van der Waals surface area contributed by atoms with Crippen molar-refractivity contribution >= 4 is 25.2 Å².